The van der Waals surface area contributed by atoms with Crippen LogP contribution in [-0.2, 0) is 13.6 Å². The van der Waals surface area contributed by atoms with E-state index in [-0.39, 0.29) is 6.04 Å². The van der Waals surface area contributed by atoms with Gasteiger partial charge in [0, 0.05) is 18.5 Å². The van der Waals surface area contributed by atoms with Gasteiger partial charge >= 0.3 is 0 Å². The van der Waals surface area contributed by atoms with Crippen molar-refractivity contribution in [3.05, 3.63) is 28.2 Å². The minimum atomic E-state index is 0.238. The summed E-state index contributed by atoms with van der Waals surface area (Å²) in [6, 6.07) is 0.238. The molecule has 0 saturated carbocycles. The Balaban J connectivity index is 1.93. The monoisotopic (exact) mass is 237 g/mol. The molecule has 0 fully saturated rings. The molecule has 2 aromatic rings. The van der Waals surface area contributed by atoms with Gasteiger partial charge in [-0.25, -0.2) is 4.98 Å². The molecule has 0 amide bonds. The summed E-state index contributed by atoms with van der Waals surface area (Å²) in [5.41, 5.74) is 1.09. The summed E-state index contributed by atoms with van der Waals surface area (Å²) in [6.45, 7) is 4.82. The maximum absolute atomic E-state index is 4.45. The molecule has 2 rings (SSSR count). The van der Waals surface area contributed by atoms with Crippen LogP contribution in [0.4, 0.5) is 0 Å². The number of nitrogens with zero attached hydrogens (tertiary/aromatic N) is 4. The van der Waals surface area contributed by atoms with Gasteiger partial charge in [-0.05, 0) is 13.8 Å². The highest BCUT2D eigenvalue weighted by Crippen LogP contribution is 2.15. The Bertz CT molecular complexity index is 461. The molecule has 6 heteroatoms. The summed E-state index contributed by atoms with van der Waals surface area (Å²) in [7, 11) is 1.94. The largest absolute Gasteiger partial charge is 0.320 e. The molecular formula is C10H15N5S. The summed E-state index contributed by atoms with van der Waals surface area (Å²) >= 11 is 1.67. The number of aromatic nitrogens is 4. The Kier molecular flexibility index (Phi) is 3.31. The highest BCUT2D eigenvalue weighted by molar-refractivity contribution is 7.09. The van der Waals surface area contributed by atoms with E-state index in [4.69, 9.17) is 0 Å². The standard InChI is InChI=1S/C10H15N5S/c1-7(9-5-16-8(2)13-9)11-4-10-14-12-6-15(10)3/h5-7,11H,4H2,1-3H3. The summed E-state index contributed by atoms with van der Waals surface area (Å²) in [5.74, 6) is 0.929. The molecule has 0 aromatic carbocycles. The quantitative estimate of drug-likeness (QED) is 0.874. The molecule has 0 aliphatic carbocycles. The molecule has 0 aliphatic heterocycles. The average molecular weight is 237 g/mol. The van der Waals surface area contributed by atoms with Crippen LogP contribution < -0.4 is 5.32 Å². The first-order valence-corrected chi connectivity index (χ1v) is 6.03. The van der Waals surface area contributed by atoms with Gasteiger partial charge in [0.05, 0.1) is 17.2 Å². The molecule has 1 atom stereocenters. The number of hydrogen-bond acceptors (Lipinski definition) is 5. The van der Waals surface area contributed by atoms with Crippen LogP contribution in [0.25, 0.3) is 0 Å². The van der Waals surface area contributed by atoms with E-state index in [9.17, 15) is 0 Å². The number of aryl methyl sites for hydroxylation is 2. The van der Waals surface area contributed by atoms with Crippen molar-refractivity contribution in [1.29, 1.82) is 0 Å². The fourth-order valence-electron chi connectivity index (χ4n) is 1.40. The Labute approximate surface area is 98.5 Å². The van der Waals surface area contributed by atoms with Crippen molar-refractivity contribution in [3.63, 3.8) is 0 Å². The van der Waals surface area contributed by atoms with Gasteiger partial charge in [-0.1, -0.05) is 0 Å². The van der Waals surface area contributed by atoms with E-state index in [0.717, 1.165) is 16.5 Å². The summed E-state index contributed by atoms with van der Waals surface area (Å²) in [5, 5.41) is 14.4. The third kappa shape index (κ3) is 2.45. The lowest BCUT2D eigenvalue weighted by atomic mass is 10.2. The molecule has 5 nitrogen and oxygen atoms in total. The lowest BCUT2D eigenvalue weighted by Crippen LogP contribution is -2.20. The van der Waals surface area contributed by atoms with E-state index in [2.05, 4.69) is 32.8 Å². The van der Waals surface area contributed by atoms with Crippen molar-refractivity contribution in [3.8, 4) is 0 Å². The third-order valence-corrected chi connectivity index (χ3v) is 3.24. The van der Waals surface area contributed by atoms with Gasteiger partial charge in [-0.15, -0.1) is 21.5 Å². The van der Waals surface area contributed by atoms with Crippen LogP contribution in [0.3, 0.4) is 0 Å². The predicted octanol–water partition coefficient (Wildman–Crippen LogP) is 1.43. The van der Waals surface area contributed by atoms with E-state index < -0.39 is 0 Å². The van der Waals surface area contributed by atoms with Crippen LogP contribution in [0.15, 0.2) is 11.7 Å². The van der Waals surface area contributed by atoms with Gasteiger partial charge in [0.2, 0.25) is 0 Å². The van der Waals surface area contributed by atoms with Crippen molar-refractivity contribution >= 4 is 11.3 Å². The smallest absolute Gasteiger partial charge is 0.146 e. The molecule has 2 aromatic heterocycles. The Morgan fingerprint density at radius 1 is 1.56 bits per heavy atom. The number of nitrogens with one attached hydrogen (secondary N) is 1. The second-order valence-electron chi connectivity index (χ2n) is 3.75. The average Bonchev–Trinajstić information content (AvgIpc) is 2.84. The van der Waals surface area contributed by atoms with Crippen molar-refractivity contribution in [2.24, 2.45) is 7.05 Å². The van der Waals surface area contributed by atoms with Gasteiger partial charge in [-0.3, -0.25) is 0 Å². The summed E-state index contributed by atoms with van der Waals surface area (Å²) < 4.78 is 1.91. The van der Waals surface area contributed by atoms with Crippen molar-refractivity contribution in [1.82, 2.24) is 25.1 Å². The van der Waals surface area contributed by atoms with E-state index in [1.807, 2.05) is 18.5 Å². The first-order valence-electron chi connectivity index (χ1n) is 5.15. The highest BCUT2D eigenvalue weighted by Gasteiger charge is 2.09. The van der Waals surface area contributed by atoms with Crippen molar-refractivity contribution in [2.45, 2.75) is 26.4 Å². The SMILES string of the molecule is Cc1nc(C(C)NCc2nncn2C)cs1. The molecule has 2 heterocycles. The molecule has 0 aliphatic rings. The van der Waals surface area contributed by atoms with Gasteiger partial charge < -0.3 is 9.88 Å². The summed E-state index contributed by atoms with van der Waals surface area (Å²) in [6.07, 6.45) is 1.70. The second-order valence-corrected chi connectivity index (χ2v) is 4.81. The first-order chi connectivity index (χ1) is 7.66. The molecule has 0 radical (unpaired) electrons. The molecule has 0 bridgehead atoms. The third-order valence-electron chi connectivity index (χ3n) is 2.45. The fraction of sp³-hybridized carbons (Fsp3) is 0.500. The summed E-state index contributed by atoms with van der Waals surface area (Å²) in [4.78, 5) is 4.45. The number of thiazole rings is 1. The van der Waals surface area contributed by atoms with Crippen molar-refractivity contribution < 1.29 is 0 Å². The van der Waals surface area contributed by atoms with Gasteiger partial charge in [-0.2, -0.15) is 0 Å². The van der Waals surface area contributed by atoms with Crippen LogP contribution in [0, 0.1) is 6.92 Å². The maximum atomic E-state index is 4.45. The predicted molar refractivity (Wildman–Crippen MR) is 63.1 cm³/mol. The molecule has 1 unspecified atom stereocenters. The topological polar surface area (TPSA) is 55.6 Å². The normalized spacial score (nSPS) is 12.9. The second kappa shape index (κ2) is 4.71. The Hall–Kier alpha value is -1.27. The zero-order valence-corrected chi connectivity index (χ0v) is 10.5. The number of hydrogen-bond donors (Lipinski definition) is 1. The first kappa shape index (κ1) is 11.2. The van der Waals surface area contributed by atoms with Gasteiger partial charge in [0.1, 0.15) is 12.2 Å². The highest BCUT2D eigenvalue weighted by atomic mass is 32.1. The fourth-order valence-corrected chi connectivity index (χ4v) is 2.10. The van der Waals surface area contributed by atoms with Gasteiger partial charge in [0.25, 0.3) is 0 Å². The maximum Gasteiger partial charge on any atom is 0.146 e. The number of rotatable bonds is 4. The minimum absolute atomic E-state index is 0.238. The van der Waals surface area contributed by atoms with E-state index in [1.54, 1.807) is 17.7 Å². The molecule has 86 valence electrons. The zero-order valence-electron chi connectivity index (χ0n) is 9.64. The lowest BCUT2D eigenvalue weighted by Gasteiger charge is -2.10. The molecule has 1 N–H and O–H groups in total. The minimum Gasteiger partial charge on any atom is -0.320 e. The Morgan fingerprint density at radius 3 is 2.94 bits per heavy atom. The lowest BCUT2D eigenvalue weighted by molar-refractivity contribution is 0.539. The van der Waals surface area contributed by atoms with E-state index in [1.165, 1.54) is 0 Å². The molecule has 0 spiro atoms. The Morgan fingerprint density at radius 2 is 2.38 bits per heavy atom. The van der Waals surface area contributed by atoms with E-state index in [0.29, 0.717) is 6.54 Å². The zero-order chi connectivity index (χ0) is 11.5. The van der Waals surface area contributed by atoms with Crippen LogP contribution in [0.1, 0.15) is 29.5 Å². The molecule has 16 heavy (non-hydrogen) atoms. The molecule has 0 saturated heterocycles. The van der Waals surface area contributed by atoms with Crippen LogP contribution >= 0.6 is 11.3 Å². The van der Waals surface area contributed by atoms with Crippen LogP contribution in [-0.4, -0.2) is 19.7 Å². The van der Waals surface area contributed by atoms with Crippen LogP contribution in [0.5, 0.6) is 0 Å². The molecular weight excluding hydrogens is 222 g/mol. The van der Waals surface area contributed by atoms with Gasteiger partial charge in [0.15, 0.2) is 0 Å². The van der Waals surface area contributed by atoms with E-state index >= 15 is 0 Å². The van der Waals surface area contributed by atoms with Crippen molar-refractivity contribution in [2.75, 3.05) is 0 Å². The van der Waals surface area contributed by atoms with Crippen LogP contribution in [0.2, 0.25) is 0 Å².